The van der Waals surface area contributed by atoms with Crippen molar-refractivity contribution >= 4 is 11.8 Å². The Hall–Kier alpha value is -2.89. The highest BCUT2D eigenvalue weighted by molar-refractivity contribution is 5.85. The number of ether oxygens (including phenoxy) is 1. The number of rotatable bonds is 8. The van der Waals surface area contributed by atoms with Crippen LogP contribution in [0.5, 0.6) is 5.75 Å². The average Bonchev–Trinajstić information content (AvgIpc) is 2.78. The van der Waals surface area contributed by atoms with Crippen LogP contribution in [0.25, 0.3) is 0 Å². The van der Waals surface area contributed by atoms with Crippen LogP contribution in [0.3, 0.4) is 0 Å². The molecule has 2 aromatic rings. The fourth-order valence-corrected chi connectivity index (χ4v) is 4.06. The first-order chi connectivity index (χ1) is 14.5. The molecule has 2 heterocycles. The number of piperidine rings is 1. The molecule has 0 saturated carbocycles. The summed E-state index contributed by atoms with van der Waals surface area (Å²) in [5.74, 6) is 0.527. The predicted molar refractivity (Wildman–Crippen MR) is 116 cm³/mol. The van der Waals surface area contributed by atoms with Crippen LogP contribution in [-0.4, -0.2) is 35.4 Å². The maximum absolute atomic E-state index is 13.3. The lowest BCUT2D eigenvalue weighted by Gasteiger charge is -2.41. The van der Waals surface area contributed by atoms with E-state index in [4.69, 9.17) is 4.74 Å². The summed E-state index contributed by atoms with van der Waals surface area (Å²) in [6.45, 7) is 4.70. The summed E-state index contributed by atoms with van der Waals surface area (Å²) in [4.78, 5) is 32.3. The molecule has 2 amide bonds. The van der Waals surface area contributed by atoms with Gasteiger partial charge in [0, 0.05) is 19.2 Å². The van der Waals surface area contributed by atoms with Gasteiger partial charge in [0.25, 0.3) is 0 Å². The number of aromatic nitrogens is 1. The van der Waals surface area contributed by atoms with Gasteiger partial charge in [-0.3, -0.25) is 14.6 Å². The molecule has 0 unspecified atom stereocenters. The normalized spacial score (nSPS) is 20.0. The minimum absolute atomic E-state index is 0.0389. The van der Waals surface area contributed by atoms with Crippen molar-refractivity contribution in [3.8, 4) is 5.75 Å². The van der Waals surface area contributed by atoms with Gasteiger partial charge >= 0.3 is 0 Å². The fourth-order valence-electron chi connectivity index (χ4n) is 4.06. The molecule has 0 aliphatic carbocycles. The lowest BCUT2D eigenvalue weighted by molar-refractivity contribution is -0.143. The van der Waals surface area contributed by atoms with Crippen LogP contribution in [0, 0.1) is 5.92 Å². The molecule has 3 rings (SSSR count). The van der Waals surface area contributed by atoms with Gasteiger partial charge in [0.2, 0.25) is 11.8 Å². The monoisotopic (exact) mass is 409 g/mol. The van der Waals surface area contributed by atoms with Crippen LogP contribution in [0.15, 0.2) is 48.7 Å². The molecule has 1 aliphatic heterocycles. The van der Waals surface area contributed by atoms with Gasteiger partial charge in [-0.05, 0) is 49.6 Å². The van der Waals surface area contributed by atoms with Crippen molar-refractivity contribution in [2.45, 2.75) is 51.6 Å². The van der Waals surface area contributed by atoms with Crippen LogP contribution in [0.2, 0.25) is 0 Å². The van der Waals surface area contributed by atoms with E-state index in [1.807, 2.05) is 54.3 Å². The Morgan fingerprint density at radius 1 is 1.27 bits per heavy atom. The zero-order valence-electron chi connectivity index (χ0n) is 18.0. The second-order valence-corrected chi connectivity index (χ2v) is 7.79. The highest BCUT2D eigenvalue weighted by Crippen LogP contribution is 2.38. The van der Waals surface area contributed by atoms with Crippen molar-refractivity contribution in [3.05, 3.63) is 59.9 Å². The van der Waals surface area contributed by atoms with E-state index in [0.29, 0.717) is 19.4 Å². The summed E-state index contributed by atoms with van der Waals surface area (Å²) in [6.07, 6.45) is 4.57. The molecule has 1 saturated heterocycles. The van der Waals surface area contributed by atoms with E-state index in [1.54, 1.807) is 13.3 Å². The van der Waals surface area contributed by atoms with Gasteiger partial charge in [-0.1, -0.05) is 31.5 Å². The van der Waals surface area contributed by atoms with E-state index in [2.05, 4.69) is 17.2 Å². The molecule has 1 aromatic heterocycles. The Kier molecular flexibility index (Phi) is 7.44. The number of pyridine rings is 1. The van der Waals surface area contributed by atoms with Crippen molar-refractivity contribution in [1.29, 1.82) is 0 Å². The van der Waals surface area contributed by atoms with Gasteiger partial charge in [-0.15, -0.1) is 0 Å². The highest BCUT2D eigenvalue weighted by Gasteiger charge is 2.40. The Balaban J connectivity index is 1.86. The van der Waals surface area contributed by atoms with Gasteiger partial charge in [0.05, 0.1) is 30.8 Å². The molecule has 0 bridgehead atoms. The summed E-state index contributed by atoms with van der Waals surface area (Å²) < 4.78 is 5.28. The van der Waals surface area contributed by atoms with E-state index in [-0.39, 0.29) is 29.8 Å². The van der Waals surface area contributed by atoms with E-state index in [0.717, 1.165) is 29.8 Å². The Labute approximate surface area is 178 Å². The summed E-state index contributed by atoms with van der Waals surface area (Å²) in [7, 11) is 1.63. The van der Waals surface area contributed by atoms with Crippen molar-refractivity contribution < 1.29 is 14.3 Å². The largest absolute Gasteiger partial charge is 0.497 e. The number of benzene rings is 1. The van der Waals surface area contributed by atoms with E-state index < -0.39 is 0 Å². The van der Waals surface area contributed by atoms with Gasteiger partial charge in [0.1, 0.15) is 5.75 Å². The number of nitrogens with one attached hydrogen (secondary N) is 1. The van der Waals surface area contributed by atoms with Gasteiger partial charge in [-0.2, -0.15) is 0 Å². The number of carbonyl (C=O) groups is 2. The molecule has 3 atom stereocenters. The van der Waals surface area contributed by atoms with E-state index in [1.165, 1.54) is 0 Å². The van der Waals surface area contributed by atoms with Crippen LogP contribution in [0.1, 0.15) is 62.9 Å². The molecular formula is C24H31N3O3. The first-order valence-corrected chi connectivity index (χ1v) is 10.7. The molecule has 1 aromatic carbocycles. The molecule has 6 heteroatoms. The van der Waals surface area contributed by atoms with Crippen molar-refractivity contribution in [2.24, 2.45) is 5.92 Å². The fraction of sp³-hybridized carbons (Fsp3) is 0.458. The van der Waals surface area contributed by atoms with Crippen molar-refractivity contribution in [3.63, 3.8) is 0 Å². The third kappa shape index (κ3) is 4.99. The lowest BCUT2D eigenvalue weighted by atomic mass is 9.83. The number of hydrogen-bond donors (Lipinski definition) is 1. The summed E-state index contributed by atoms with van der Waals surface area (Å²) in [6, 6.07) is 12.9. The average molecular weight is 410 g/mol. The molecule has 1 aliphatic rings. The Morgan fingerprint density at radius 3 is 2.67 bits per heavy atom. The minimum atomic E-state index is -0.306. The second-order valence-electron chi connectivity index (χ2n) is 7.79. The number of likely N-dealkylation sites (tertiary alicyclic amines) is 1. The third-order valence-corrected chi connectivity index (χ3v) is 5.74. The molecular weight excluding hydrogens is 378 g/mol. The number of methoxy groups -OCH3 is 1. The Bertz CT molecular complexity index is 839. The van der Waals surface area contributed by atoms with Crippen molar-refractivity contribution in [2.75, 3.05) is 13.7 Å². The number of nitrogens with zero attached hydrogens (tertiary/aromatic N) is 2. The number of hydrogen-bond acceptors (Lipinski definition) is 4. The molecule has 0 radical (unpaired) electrons. The first kappa shape index (κ1) is 21.8. The van der Waals surface area contributed by atoms with Crippen LogP contribution in [0.4, 0.5) is 0 Å². The first-order valence-electron chi connectivity index (χ1n) is 10.7. The molecule has 30 heavy (non-hydrogen) atoms. The topological polar surface area (TPSA) is 71.5 Å². The van der Waals surface area contributed by atoms with Crippen LogP contribution in [-0.2, 0) is 9.59 Å². The number of unbranched alkanes of at least 4 members (excludes halogenated alkanes) is 1. The SMILES string of the molecule is CCCCN1C(=O)CC[C@H](C(=O)N[C@@H](C)c2ccccn2)[C@@H]1c1ccc(OC)cc1. The lowest BCUT2D eigenvalue weighted by Crippen LogP contribution is -2.48. The molecule has 6 nitrogen and oxygen atoms in total. The van der Waals surface area contributed by atoms with Gasteiger partial charge in [0.15, 0.2) is 0 Å². The summed E-state index contributed by atoms with van der Waals surface area (Å²) in [5.41, 5.74) is 1.78. The molecule has 0 spiro atoms. The quantitative estimate of drug-likeness (QED) is 0.714. The van der Waals surface area contributed by atoms with E-state index in [9.17, 15) is 9.59 Å². The maximum Gasteiger partial charge on any atom is 0.226 e. The standard InChI is InChI=1S/C24H31N3O3/c1-4-5-16-27-22(28)14-13-20(23(27)18-9-11-19(30-3)12-10-18)24(29)26-17(2)21-8-6-7-15-25-21/h6-12,15,17,20,23H,4-5,13-14,16H2,1-3H3,(H,26,29)/t17-,20-,23-/m0/s1. The van der Waals surface area contributed by atoms with Crippen LogP contribution < -0.4 is 10.1 Å². The second kappa shape index (κ2) is 10.2. The number of carbonyl (C=O) groups excluding carboxylic acids is 2. The van der Waals surface area contributed by atoms with Crippen molar-refractivity contribution in [1.82, 2.24) is 15.2 Å². The van der Waals surface area contributed by atoms with Crippen LogP contribution >= 0.6 is 0 Å². The summed E-state index contributed by atoms with van der Waals surface area (Å²) in [5, 5.41) is 3.12. The number of amides is 2. The summed E-state index contributed by atoms with van der Waals surface area (Å²) >= 11 is 0. The Morgan fingerprint density at radius 2 is 2.03 bits per heavy atom. The molecule has 1 N–H and O–H groups in total. The zero-order valence-corrected chi connectivity index (χ0v) is 18.0. The van der Waals surface area contributed by atoms with E-state index >= 15 is 0 Å². The molecule has 160 valence electrons. The predicted octanol–water partition coefficient (Wildman–Crippen LogP) is 4.05. The minimum Gasteiger partial charge on any atom is -0.497 e. The van der Waals surface area contributed by atoms with Gasteiger partial charge in [-0.25, -0.2) is 0 Å². The maximum atomic E-state index is 13.3. The third-order valence-electron chi connectivity index (χ3n) is 5.74. The highest BCUT2D eigenvalue weighted by atomic mass is 16.5. The smallest absolute Gasteiger partial charge is 0.226 e. The molecule has 1 fully saturated rings. The zero-order chi connectivity index (χ0) is 21.5. The van der Waals surface area contributed by atoms with Gasteiger partial charge < -0.3 is 15.0 Å².